The van der Waals surface area contributed by atoms with Crippen LogP contribution in [0.3, 0.4) is 0 Å². The molecule has 9 heteroatoms. The summed E-state index contributed by atoms with van der Waals surface area (Å²) in [5, 5.41) is 2.12. The van der Waals surface area contributed by atoms with Crippen LogP contribution in [0.5, 0.6) is 0 Å². The number of nitrogens with one attached hydrogen (secondary N) is 1. The predicted molar refractivity (Wildman–Crippen MR) is 75.6 cm³/mol. The first-order chi connectivity index (χ1) is 9.88. The van der Waals surface area contributed by atoms with Gasteiger partial charge in [-0.25, -0.2) is 18.4 Å². The van der Waals surface area contributed by atoms with E-state index in [-0.39, 0.29) is 17.3 Å². The molecule has 0 aliphatic rings. The fraction of sp³-hybridized carbons (Fsp3) is 0.167. The number of carbonyl (C=O) groups excluding carboxylic acids is 1. The topological polar surface area (TPSA) is 102 Å². The zero-order valence-electron chi connectivity index (χ0n) is 10.9. The van der Waals surface area contributed by atoms with Crippen molar-refractivity contribution in [2.24, 2.45) is 0 Å². The Morgan fingerprint density at radius 3 is 2.76 bits per heavy atom. The van der Waals surface area contributed by atoms with Crippen LogP contribution < -0.4 is 5.32 Å². The van der Waals surface area contributed by atoms with Crippen LogP contribution in [0.15, 0.2) is 35.9 Å². The third kappa shape index (κ3) is 3.96. The van der Waals surface area contributed by atoms with Gasteiger partial charge in [-0.3, -0.25) is 9.78 Å². The van der Waals surface area contributed by atoms with E-state index in [1.165, 1.54) is 0 Å². The summed E-state index contributed by atoms with van der Waals surface area (Å²) >= 11 is 5.83. The summed E-state index contributed by atoms with van der Waals surface area (Å²) in [5.74, 6) is -0.587. The Morgan fingerprint density at radius 2 is 2.14 bits per heavy atom. The summed E-state index contributed by atoms with van der Waals surface area (Å²) in [5.41, 5.74) is 0.607. The summed E-state index contributed by atoms with van der Waals surface area (Å²) in [6.07, 6.45) is 5.26. The molecule has 2 aromatic heterocycles. The number of carbonyl (C=O) groups is 1. The minimum atomic E-state index is -3.61. The summed E-state index contributed by atoms with van der Waals surface area (Å²) in [6, 6.07) is 3.53. The molecule has 1 amide bonds. The summed E-state index contributed by atoms with van der Waals surface area (Å²) in [4.78, 5) is 23.2. The maximum absolute atomic E-state index is 12.0. The molecule has 0 aliphatic heterocycles. The fourth-order valence-electron chi connectivity index (χ4n) is 1.46. The Bertz CT molecular complexity index is 765. The van der Waals surface area contributed by atoms with Gasteiger partial charge < -0.3 is 5.32 Å². The Morgan fingerprint density at radius 1 is 1.38 bits per heavy atom. The van der Waals surface area contributed by atoms with Gasteiger partial charge >= 0.3 is 0 Å². The molecular formula is C12H11ClN4O3S. The van der Waals surface area contributed by atoms with Crippen LogP contribution in [0.2, 0.25) is 5.02 Å². The van der Waals surface area contributed by atoms with E-state index < -0.39 is 20.9 Å². The predicted octanol–water partition coefficient (Wildman–Crippen LogP) is 0.859. The largest absolute Gasteiger partial charge is 0.347 e. The number of aromatic nitrogens is 3. The monoisotopic (exact) mass is 326 g/mol. The van der Waals surface area contributed by atoms with E-state index in [9.17, 15) is 13.2 Å². The quantitative estimate of drug-likeness (QED) is 0.836. The lowest BCUT2D eigenvalue weighted by molar-refractivity contribution is 0.0945. The first-order valence-corrected chi connectivity index (χ1v) is 8.04. The smallest absolute Gasteiger partial charge is 0.271 e. The molecule has 2 aromatic rings. The number of nitrogens with zero attached hydrogens (tertiary/aromatic N) is 3. The van der Waals surface area contributed by atoms with Crippen molar-refractivity contribution >= 4 is 27.3 Å². The number of hydrogen-bond donors (Lipinski definition) is 1. The van der Waals surface area contributed by atoms with Crippen LogP contribution in [-0.4, -0.2) is 35.5 Å². The normalized spacial score (nSPS) is 11.1. The van der Waals surface area contributed by atoms with Crippen molar-refractivity contribution < 1.29 is 13.2 Å². The SMILES string of the molecule is CS(=O)(=O)c1ncc(Cl)c(C(=O)NCc2cccnc2)n1. The van der Waals surface area contributed by atoms with Crippen molar-refractivity contribution in [2.75, 3.05) is 6.26 Å². The van der Waals surface area contributed by atoms with Gasteiger partial charge in [-0.15, -0.1) is 0 Å². The van der Waals surface area contributed by atoms with Gasteiger partial charge in [0.2, 0.25) is 15.0 Å². The van der Waals surface area contributed by atoms with Crippen molar-refractivity contribution in [1.82, 2.24) is 20.3 Å². The van der Waals surface area contributed by atoms with E-state index in [2.05, 4.69) is 20.3 Å². The molecule has 0 aliphatic carbocycles. The summed E-state index contributed by atoms with van der Waals surface area (Å²) in [6.45, 7) is 0.223. The molecule has 0 saturated carbocycles. The molecule has 2 rings (SSSR count). The first kappa shape index (κ1) is 15.3. The van der Waals surface area contributed by atoms with Crippen molar-refractivity contribution in [3.05, 3.63) is 47.0 Å². The van der Waals surface area contributed by atoms with Gasteiger partial charge in [0.15, 0.2) is 5.69 Å². The van der Waals surface area contributed by atoms with E-state index in [1.807, 2.05) is 0 Å². The van der Waals surface area contributed by atoms with E-state index in [0.717, 1.165) is 18.0 Å². The van der Waals surface area contributed by atoms with Gasteiger partial charge in [-0.1, -0.05) is 17.7 Å². The van der Waals surface area contributed by atoms with Crippen molar-refractivity contribution in [3.63, 3.8) is 0 Å². The van der Waals surface area contributed by atoms with Crippen molar-refractivity contribution in [1.29, 1.82) is 0 Å². The molecule has 1 N–H and O–H groups in total. The molecule has 0 fully saturated rings. The lowest BCUT2D eigenvalue weighted by atomic mass is 10.3. The second kappa shape index (κ2) is 6.15. The van der Waals surface area contributed by atoms with E-state index >= 15 is 0 Å². The molecule has 0 atom stereocenters. The van der Waals surface area contributed by atoms with E-state index in [0.29, 0.717) is 0 Å². The van der Waals surface area contributed by atoms with Gasteiger partial charge in [0.05, 0.1) is 11.2 Å². The highest BCUT2D eigenvalue weighted by Crippen LogP contribution is 2.14. The molecule has 110 valence electrons. The van der Waals surface area contributed by atoms with Crippen LogP contribution in [0, 0.1) is 0 Å². The Labute approximate surface area is 126 Å². The molecular weight excluding hydrogens is 316 g/mol. The molecule has 7 nitrogen and oxygen atoms in total. The van der Waals surface area contributed by atoms with Gasteiger partial charge in [0, 0.05) is 25.2 Å². The third-order valence-electron chi connectivity index (χ3n) is 2.44. The van der Waals surface area contributed by atoms with E-state index in [4.69, 9.17) is 11.6 Å². The molecule has 0 unspecified atom stereocenters. The first-order valence-electron chi connectivity index (χ1n) is 5.77. The third-order valence-corrected chi connectivity index (χ3v) is 3.58. The highest BCUT2D eigenvalue weighted by Gasteiger charge is 2.18. The fourth-order valence-corrected chi connectivity index (χ4v) is 2.14. The number of hydrogen-bond acceptors (Lipinski definition) is 6. The van der Waals surface area contributed by atoms with Gasteiger partial charge in [-0.05, 0) is 11.6 Å². The second-order valence-electron chi connectivity index (χ2n) is 4.17. The average Bonchev–Trinajstić information content (AvgIpc) is 2.45. The molecule has 0 radical (unpaired) electrons. The van der Waals surface area contributed by atoms with Gasteiger partial charge in [0.25, 0.3) is 5.91 Å². The molecule has 0 spiro atoms. The number of amides is 1. The molecule has 0 saturated heterocycles. The second-order valence-corrected chi connectivity index (χ2v) is 6.48. The van der Waals surface area contributed by atoms with Crippen molar-refractivity contribution in [3.8, 4) is 0 Å². The molecule has 0 bridgehead atoms. The van der Waals surface area contributed by atoms with Crippen LogP contribution in [0.1, 0.15) is 16.1 Å². The zero-order chi connectivity index (χ0) is 15.5. The standard InChI is InChI=1S/C12H11ClN4O3S/c1-21(19,20)12-16-7-9(13)10(17-12)11(18)15-6-8-3-2-4-14-5-8/h2-5,7H,6H2,1H3,(H,15,18). The van der Waals surface area contributed by atoms with Crippen LogP contribution in [-0.2, 0) is 16.4 Å². The van der Waals surface area contributed by atoms with Crippen LogP contribution >= 0.6 is 11.6 Å². The van der Waals surface area contributed by atoms with E-state index in [1.54, 1.807) is 24.5 Å². The minimum absolute atomic E-state index is 0.0221. The maximum atomic E-state index is 12.0. The number of sulfone groups is 1. The van der Waals surface area contributed by atoms with Crippen LogP contribution in [0.4, 0.5) is 0 Å². The number of pyridine rings is 1. The Balaban J connectivity index is 2.19. The van der Waals surface area contributed by atoms with Crippen LogP contribution in [0.25, 0.3) is 0 Å². The lowest BCUT2D eigenvalue weighted by Gasteiger charge is -2.06. The molecule has 0 aromatic carbocycles. The zero-order valence-corrected chi connectivity index (χ0v) is 12.5. The Hall–Kier alpha value is -2.06. The summed E-state index contributed by atoms with van der Waals surface area (Å²) < 4.78 is 22.8. The average molecular weight is 327 g/mol. The maximum Gasteiger partial charge on any atom is 0.271 e. The summed E-state index contributed by atoms with van der Waals surface area (Å²) in [7, 11) is -3.61. The number of rotatable bonds is 4. The van der Waals surface area contributed by atoms with Crippen molar-refractivity contribution in [2.45, 2.75) is 11.7 Å². The number of halogens is 1. The highest BCUT2D eigenvalue weighted by molar-refractivity contribution is 7.90. The molecule has 2 heterocycles. The molecule has 21 heavy (non-hydrogen) atoms. The van der Waals surface area contributed by atoms with Gasteiger partial charge in [0.1, 0.15) is 0 Å². The minimum Gasteiger partial charge on any atom is -0.347 e. The van der Waals surface area contributed by atoms with Gasteiger partial charge in [-0.2, -0.15) is 0 Å². The Kier molecular flexibility index (Phi) is 4.49. The lowest BCUT2D eigenvalue weighted by Crippen LogP contribution is -2.25. The highest BCUT2D eigenvalue weighted by atomic mass is 35.5.